The molecular weight excluding hydrogens is 392 g/mol. The molecule has 1 fully saturated rings. The molecule has 1 aromatic rings. The number of rotatable bonds is 6. The van der Waals surface area contributed by atoms with E-state index in [1.54, 1.807) is 18.9 Å². The quantitative estimate of drug-likeness (QED) is 0.637. The van der Waals surface area contributed by atoms with Crippen LogP contribution in [-0.2, 0) is 19.6 Å². The standard InChI is InChI=1S/C17H26N4O4S.ClH/c1-12(17(23)21(3)15-8-10-18-11-9-15)20-26(24,25)16-6-4-14(5-7-16)19-13(2)22;/h4-7,12,15,18,20H,8-11H2,1-3H3,(H,19,22);1H. The van der Waals surface area contributed by atoms with E-state index in [4.69, 9.17) is 0 Å². The second-order valence-electron chi connectivity index (χ2n) is 6.48. The first-order valence-electron chi connectivity index (χ1n) is 8.58. The van der Waals surface area contributed by atoms with Crippen LogP contribution in [0.5, 0.6) is 0 Å². The van der Waals surface area contributed by atoms with Crippen LogP contribution in [0.1, 0.15) is 26.7 Å². The van der Waals surface area contributed by atoms with Gasteiger partial charge >= 0.3 is 0 Å². The Morgan fingerprint density at radius 1 is 1.19 bits per heavy atom. The molecule has 0 radical (unpaired) electrons. The maximum absolute atomic E-state index is 12.6. The van der Waals surface area contributed by atoms with Crippen molar-refractivity contribution in [1.29, 1.82) is 0 Å². The molecule has 10 heteroatoms. The number of hydrogen-bond donors (Lipinski definition) is 3. The number of amides is 2. The SMILES string of the molecule is CC(=O)Nc1ccc(S(=O)(=O)NC(C)C(=O)N(C)C2CCNCC2)cc1.Cl. The van der Waals surface area contributed by atoms with Gasteiger partial charge in [0.2, 0.25) is 21.8 Å². The number of anilines is 1. The molecule has 27 heavy (non-hydrogen) atoms. The zero-order chi connectivity index (χ0) is 19.3. The van der Waals surface area contributed by atoms with E-state index in [2.05, 4.69) is 15.4 Å². The highest BCUT2D eigenvalue weighted by molar-refractivity contribution is 7.89. The molecule has 1 aliphatic heterocycles. The van der Waals surface area contributed by atoms with E-state index in [9.17, 15) is 18.0 Å². The molecule has 2 amide bonds. The van der Waals surface area contributed by atoms with Crippen LogP contribution in [0.15, 0.2) is 29.2 Å². The van der Waals surface area contributed by atoms with Crippen LogP contribution < -0.4 is 15.4 Å². The summed E-state index contributed by atoms with van der Waals surface area (Å²) in [5.74, 6) is -0.491. The Hall–Kier alpha value is -1.68. The topological polar surface area (TPSA) is 108 Å². The van der Waals surface area contributed by atoms with Crippen molar-refractivity contribution >= 4 is 39.9 Å². The molecule has 1 aromatic carbocycles. The zero-order valence-electron chi connectivity index (χ0n) is 15.7. The average Bonchev–Trinajstić information content (AvgIpc) is 2.60. The van der Waals surface area contributed by atoms with Crippen LogP contribution >= 0.6 is 12.4 Å². The largest absolute Gasteiger partial charge is 0.341 e. The minimum atomic E-state index is -3.84. The smallest absolute Gasteiger partial charge is 0.241 e. The Morgan fingerprint density at radius 2 is 1.74 bits per heavy atom. The number of likely N-dealkylation sites (N-methyl/N-ethyl adjacent to an activating group) is 1. The van der Waals surface area contributed by atoms with Crippen molar-refractivity contribution in [1.82, 2.24) is 14.9 Å². The van der Waals surface area contributed by atoms with E-state index >= 15 is 0 Å². The average molecular weight is 419 g/mol. The summed E-state index contributed by atoms with van der Waals surface area (Å²) in [5, 5.41) is 5.81. The molecule has 0 saturated carbocycles. The van der Waals surface area contributed by atoms with Gasteiger partial charge in [0, 0.05) is 25.7 Å². The Bertz CT molecular complexity index is 749. The number of halogens is 1. The summed E-state index contributed by atoms with van der Waals surface area (Å²) in [6.45, 7) is 4.62. The van der Waals surface area contributed by atoms with Gasteiger partial charge in [0.15, 0.2) is 0 Å². The van der Waals surface area contributed by atoms with Gasteiger partial charge in [0.1, 0.15) is 0 Å². The van der Waals surface area contributed by atoms with E-state index in [0.29, 0.717) is 5.69 Å². The summed E-state index contributed by atoms with van der Waals surface area (Å²) >= 11 is 0. The summed E-state index contributed by atoms with van der Waals surface area (Å²) in [7, 11) is -2.12. The van der Waals surface area contributed by atoms with Crippen molar-refractivity contribution in [2.45, 2.75) is 43.7 Å². The van der Waals surface area contributed by atoms with E-state index < -0.39 is 16.1 Å². The highest BCUT2D eigenvalue weighted by Gasteiger charge is 2.28. The molecule has 3 N–H and O–H groups in total. The molecule has 1 unspecified atom stereocenters. The van der Waals surface area contributed by atoms with E-state index in [1.165, 1.54) is 31.2 Å². The van der Waals surface area contributed by atoms with Crippen LogP contribution in [0.25, 0.3) is 0 Å². The van der Waals surface area contributed by atoms with E-state index in [-0.39, 0.29) is 35.2 Å². The van der Waals surface area contributed by atoms with Crippen molar-refractivity contribution in [2.24, 2.45) is 0 Å². The normalized spacial score (nSPS) is 16.1. The lowest BCUT2D eigenvalue weighted by atomic mass is 10.0. The number of carbonyl (C=O) groups is 2. The third kappa shape index (κ3) is 6.46. The van der Waals surface area contributed by atoms with Gasteiger partial charge in [-0.3, -0.25) is 9.59 Å². The molecule has 0 bridgehead atoms. The van der Waals surface area contributed by atoms with Crippen molar-refractivity contribution in [2.75, 3.05) is 25.5 Å². The minimum absolute atomic E-state index is 0. The first-order valence-corrected chi connectivity index (χ1v) is 10.1. The molecular formula is C17H27ClN4O4S. The molecule has 152 valence electrons. The van der Waals surface area contributed by atoms with Crippen LogP contribution in [0.4, 0.5) is 5.69 Å². The van der Waals surface area contributed by atoms with Crippen molar-refractivity contribution in [3.05, 3.63) is 24.3 Å². The first-order chi connectivity index (χ1) is 12.2. The number of nitrogens with one attached hydrogen (secondary N) is 3. The fourth-order valence-corrected chi connectivity index (χ4v) is 4.15. The summed E-state index contributed by atoms with van der Waals surface area (Å²) in [6.07, 6.45) is 1.71. The number of benzene rings is 1. The summed E-state index contributed by atoms with van der Waals surface area (Å²) in [5.41, 5.74) is 0.506. The van der Waals surface area contributed by atoms with Gasteiger partial charge in [-0.05, 0) is 57.1 Å². The first kappa shape index (κ1) is 23.4. The monoisotopic (exact) mass is 418 g/mol. The van der Waals surface area contributed by atoms with E-state index in [1.807, 2.05) is 0 Å². The molecule has 0 aromatic heterocycles. The van der Waals surface area contributed by atoms with Crippen LogP contribution in [0, 0.1) is 0 Å². The fraction of sp³-hybridized carbons (Fsp3) is 0.529. The molecule has 8 nitrogen and oxygen atoms in total. The van der Waals surface area contributed by atoms with E-state index in [0.717, 1.165) is 25.9 Å². The summed E-state index contributed by atoms with van der Waals surface area (Å²) in [4.78, 5) is 25.3. The maximum Gasteiger partial charge on any atom is 0.241 e. The third-order valence-electron chi connectivity index (χ3n) is 4.39. The number of nitrogens with zero attached hydrogens (tertiary/aromatic N) is 1. The highest BCUT2D eigenvalue weighted by atomic mass is 35.5. The molecule has 1 heterocycles. The third-order valence-corrected chi connectivity index (χ3v) is 5.95. The Kier molecular flexibility index (Phi) is 8.67. The van der Waals surface area contributed by atoms with Gasteiger partial charge in [-0.15, -0.1) is 12.4 Å². The molecule has 1 saturated heterocycles. The van der Waals surface area contributed by atoms with Crippen LogP contribution in [-0.4, -0.2) is 57.4 Å². The summed E-state index contributed by atoms with van der Waals surface area (Å²) < 4.78 is 27.4. The van der Waals surface area contributed by atoms with Crippen molar-refractivity contribution in [3.63, 3.8) is 0 Å². The second kappa shape index (κ2) is 10.0. The van der Waals surface area contributed by atoms with Crippen LogP contribution in [0.3, 0.4) is 0 Å². The minimum Gasteiger partial charge on any atom is -0.341 e. The number of hydrogen-bond acceptors (Lipinski definition) is 5. The fourth-order valence-electron chi connectivity index (χ4n) is 2.95. The lowest BCUT2D eigenvalue weighted by molar-refractivity contribution is -0.133. The molecule has 1 aliphatic rings. The van der Waals surface area contributed by atoms with Gasteiger partial charge in [0.25, 0.3) is 0 Å². The Balaban J connectivity index is 0.00000364. The molecule has 1 atom stereocenters. The predicted octanol–water partition coefficient (Wildman–Crippen LogP) is 0.944. The highest BCUT2D eigenvalue weighted by Crippen LogP contribution is 2.16. The number of sulfonamides is 1. The molecule has 2 rings (SSSR count). The molecule has 0 spiro atoms. The zero-order valence-corrected chi connectivity index (χ0v) is 17.3. The van der Waals surface area contributed by atoms with Crippen molar-refractivity contribution in [3.8, 4) is 0 Å². The Labute approximate surface area is 166 Å². The number of piperidine rings is 1. The van der Waals surface area contributed by atoms with Gasteiger partial charge in [-0.2, -0.15) is 4.72 Å². The van der Waals surface area contributed by atoms with Gasteiger partial charge in [-0.25, -0.2) is 8.42 Å². The lowest BCUT2D eigenvalue weighted by Gasteiger charge is -2.33. The van der Waals surface area contributed by atoms with Gasteiger partial charge in [0.05, 0.1) is 10.9 Å². The van der Waals surface area contributed by atoms with Gasteiger partial charge in [-0.1, -0.05) is 0 Å². The predicted molar refractivity (Wildman–Crippen MR) is 106 cm³/mol. The van der Waals surface area contributed by atoms with Crippen molar-refractivity contribution < 1.29 is 18.0 Å². The Morgan fingerprint density at radius 3 is 2.26 bits per heavy atom. The maximum atomic E-state index is 12.6. The number of carbonyl (C=O) groups excluding carboxylic acids is 2. The van der Waals surface area contributed by atoms with Crippen LogP contribution in [0.2, 0.25) is 0 Å². The second-order valence-corrected chi connectivity index (χ2v) is 8.19. The summed E-state index contributed by atoms with van der Waals surface area (Å²) in [6, 6.07) is 5.04. The van der Waals surface area contributed by atoms with Gasteiger partial charge < -0.3 is 15.5 Å². The molecule has 0 aliphatic carbocycles. The lowest BCUT2D eigenvalue weighted by Crippen LogP contribution is -2.51.